The molecule has 3 amide bonds. The lowest BCUT2D eigenvalue weighted by Crippen LogP contribution is -2.55. The van der Waals surface area contributed by atoms with Crippen molar-refractivity contribution < 1.29 is 28.8 Å². The summed E-state index contributed by atoms with van der Waals surface area (Å²) < 4.78 is 5.19. The first-order valence-electron chi connectivity index (χ1n) is 8.70. The summed E-state index contributed by atoms with van der Waals surface area (Å²) in [6.45, 7) is 8.37. The number of fused-ring (bicyclic) bond motifs is 1. The quantitative estimate of drug-likeness (QED) is 0.793. The molecule has 0 spiro atoms. The first-order valence-corrected chi connectivity index (χ1v) is 8.70. The van der Waals surface area contributed by atoms with Gasteiger partial charge in [0, 0.05) is 0 Å². The van der Waals surface area contributed by atoms with E-state index in [-0.39, 0.29) is 17.5 Å². The second kappa shape index (κ2) is 7.38. The molecule has 0 aliphatic carbocycles. The number of hydrogen-bond donors (Lipinski definition) is 1. The average molecular weight is 376 g/mol. The molecule has 1 aromatic carbocycles. The minimum absolute atomic E-state index is 0.160. The van der Waals surface area contributed by atoms with E-state index in [1.54, 1.807) is 32.9 Å². The second-order valence-corrected chi connectivity index (χ2v) is 7.54. The number of carbonyl (C=O) groups excluding carboxylic acids is 4. The van der Waals surface area contributed by atoms with Crippen LogP contribution in [-0.2, 0) is 14.4 Å². The zero-order valence-corrected chi connectivity index (χ0v) is 16.1. The molecule has 1 N–H and O–H groups in total. The lowest BCUT2D eigenvalue weighted by Gasteiger charge is -2.30. The molecule has 8 heteroatoms. The molecular formula is C19H24N2O6. The first-order chi connectivity index (χ1) is 12.5. The van der Waals surface area contributed by atoms with Crippen LogP contribution in [0.15, 0.2) is 24.3 Å². The van der Waals surface area contributed by atoms with E-state index < -0.39 is 35.0 Å². The molecule has 1 unspecified atom stereocenters. The summed E-state index contributed by atoms with van der Waals surface area (Å²) in [7, 11) is 0. The van der Waals surface area contributed by atoms with Crippen molar-refractivity contribution in [2.24, 2.45) is 0 Å². The van der Waals surface area contributed by atoms with Gasteiger partial charge in [0.05, 0.1) is 11.1 Å². The molecule has 0 fully saturated rings. The van der Waals surface area contributed by atoms with Crippen LogP contribution in [0.2, 0.25) is 0 Å². The first kappa shape index (κ1) is 20.4. The molecule has 0 saturated carbocycles. The zero-order valence-electron chi connectivity index (χ0n) is 16.1. The Balaban J connectivity index is 2.17. The number of nitrogens with zero attached hydrogens (tertiary/aromatic N) is 1. The van der Waals surface area contributed by atoms with E-state index in [1.807, 2.05) is 6.92 Å². The Bertz CT molecular complexity index is 748. The van der Waals surface area contributed by atoms with Gasteiger partial charge in [0.15, 0.2) is 0 Å². The van der Waals surface area contributed by atoms with Gasteiger partial charge in [-0.25, -0.2) is 9.59 Å². The van der Waals surface area contributed by atoms with Crippen LogP contribution in [0.4, 0.5) is 4.79 Å². The predicted octanol–water partition coefficient (Wildman–Crippen LogP) is 2.82. The van der Waals surface area contributed by atoms with Crippen LogP contribution < -0.4 is 5.32 Å². The van der Waals surface area contributed by atoms with E-state index in [2.05, 4.69) is 5.32 Å². The van der Waals surface area contributed by atoms with Crippen molar-refractivity contribution in [3.05, 3.63) is 35.4 Å². The fraction of sp³-hybridized carbons (Fsp3) is 0.474. The summed E-state index contributed by atoms with van der Waals surface area (Å²) in [5.74, 6) is -2.37. The molecule has 0 saturated heterocycles. The van der Waals surface area contributed by atoms with Crippen molar-refractivity contribution in [2.45, 2.75) is 58.6 Å². The van der Waals surface area contributed by atoms with Gasteiger partial charge in [0.25, 0.3) is 11.8 Å². The summed E-state index contributed by atoms with van der Waals surface area (Å²) in [6.07, 6.45) is -0.0182. The Morgan fingerprint density at radius 1 is 1.04 bits per heavy atom. The van der Waals surface area contributed by atoms with Gasteiger partial charge in [0.2, 0.25) is 0 Å². The highest BCUT2D eigenvalue weighted by Crippen LogP contribution is 2.25. The lowest BCUT2D eigenvalue weighted by molar-refractivity contribution is -0.176. The van der Waals surface area contributed by atoms with Crippen LogP contribution in [0, 0.1) is 0 Å². The third kappa shape index (κ3) is 4.45. The maximum atomic E-state index is 12.7. The van der Waals surface area contributed by atoms with E-state index in [0.717, 1.165) is 0 Å². The highest BCUT2D eigenvalue weighted by Gasteiger charge is 2.44. The third-order valence-corrected chi connectivity index (χ3v) is 3.91. The highest BCUT2D eigenvalue weighted by molar-refractivity contribution is 6.21. The highest BCUT2D eigenvalue weighted by atomic mass is 16.7. The Morgan fingerprint density at radius 2 is 1.56 bits per heavy atom. The number of nitrogens with one attached hydrogen (secondary N) is 1. The number of rotatable bonds is 5. The second-order valence-electron chi connectivity index (χ2n) is 7.54. The Hall–Kier alpha value is -2.90. The molecule has 27 heavy (non-hydrogen) atoms. The molecule has 1 aliphatic heterocycles. The van der Waals surface area contributed by atoms with Gasteiger partial charge < -0.3 is 14.9 Å². The van der Waals surface area contributed by atoms with Gasteiger partial charge in [-0.15, -0.1) is 0 Å². The predicted molar refractivity (Wildman–Crippen MR) is 95.7 cm³/mol. The Labute approximate surface area is 157 Å². The largest absolute Gasteiger partial charge is 0.444 e. The van der Waals surface area contributed by atoms with Crippen LogP contribution in [0.1, 0.15) is 68.2 Å². The summed E-state index contributed by atoms with van der Waals surface area (Å²) in [4.78, 5) is 54.6. The molecule has 1 heterocycles. The van der Waals surface area contributed by atoms with Gasteiger partial charge in [-0.05, 0) is 46.2 Å². The number of benzene rings is 1. The summed E-state index contributed by atoms with van der Waals surface area (Å²) in [5.41, 5.74) is -1.89. The van der Waals surface area contributed by atoms with Crippen molar-refractivity contribution in [1.82, 2.24) is 10.4 Å². The molecule has 146 valence electrons. The molecule has 1 aliphatic rings. The van der Waals surface area contributed by atoms with Gasteiger partial charge in [0.1, 0.15) is 11.1 Å². The monoisotopic (exact) mass is 376 g/mol. The van der Waals surface area contributed by atoms with Gasteiger partial charge in [-0.3, -0.25) is 9.59 Å². The van der Waals surface area contributed by atoms with Crippen molar-refractivity contribution in [1.29, 1.82) is 0 Å². The minimum atomic E-state index is -1.47. The molecule has 1 aromatic rings. The molecule has 0 radical (unpaired) electrons. The number of carbonyl (C=O) groups is 4. The van der Waals surface area contributed by atoms with Crippen molar-refractivity contribution in [3.63, 3.8) is 0 Å². The number of amides is 3. The number of alkyl carbamates (subject to hydrolysis) is 1. The minimum Gasteiger partial charge on any atom is -0.444 e. The molecule has 0 aromatic heterocycles. The average Bonchev–Trinajstić information content (AvgIpc) is 2.78. The lowest BCUT2D eigenvalue weighted by atomic mass is 9.96. The van der Waals surface area contributed by atoms with E-state index in [4.69, 9.17) is 9.57 Å². The van der Waals surface area contributed by atoms with Gasteiger partial charge >= 0.3 is 12.1 Å². The number of hydroxylamine groups is 2. The number of hydrogen-bond acceptors (Lipinski definition) is 6. The Kier molecular flexibility index (Phi) is 5.58. The number of ether oxygens (including phenoxy) is 1. The summed E-state index contributed by atoms with van der Waals surface area (Å²) in [6, 6.07) is 6.18. The van der Waals surface area contributed by atoms with Gasteiger partial charge in [-0.1, -0.05) is 30.5 Å². The van der Waals surface area contributed by atoms with Crippen molar-refractivity contribution in [3.8, 4) is 0 Å². The van der Waals surface area contributed by atoms with Crippen LogP contribution in [-0.4, -0.2) is 40.1 Å². The zero-order chi connectivity index (χ0) is 20.4. The van der Waals surface area contributed by atoms with E-state index >= 15 is 0 Å². The topological polar surface area (TPSA) is 102 Å². The third-order valence-electron chi connectivity index (χ3n) is 3.91. The fourth-order valence-electron chi connectivity index (χ4n) is 2.68. The Morgan fingerprint density at radius 3 is 2.00 bits per heavy atom. The van der Waals surface area contributed by atoms with Crippen molar-refractivity contribution in [2.75, 3.05) is 0 Å². The normalized spacial score (nSPS) is 15.8. The fourth-order valence-corrected chi connectivity index (χ4v) is 2.68. The standard InChI is InChI=1S/C19H24N2O6/c1-6-11-19(5,20-17(25)26-18(2,3)4)16(24)27-21-14(22)12-9-7-8-10-13(12)15(21)23/h7-10H,6,11H2,1-5H3,(H,20,25). The van der Waals surface area contributed by atoms with Crippen LogP contribution in [0.3, 0.4) is 0 Å². The van der Waals surface area contributed by atoms with Crippen LogP contribution >= 0.6 is 0 Å². The summed E-state index contributed by atoms with van der Waals surface area (Å²) in [5, 5.41) is 2.92. The maximum Gasteiger partial charge on any atom is 0.408 e. The smallest absolute Gasteiger partial charge is 0.408 e. The summed E-state index contributed by atoms with van der Waals surface area (Å²) >= 11 is 0. The van der Waals surface area contributed by atoms with E-state index in [0.29, 0.717) is 11.5 Å². The molecule has 8 nitrogen and oxygen atoms in total. The van der Waals surface area contributed by atoms with Gasteiger partial charge in [-0.2, -0.15) is 0 Å². The molecule has 0 bridgehead atoms. The molecule has 2 rings (SSSR count). The molecular weight excluding hydrogens is 352 g/mol. The van der Waals surface area contributed by atoms with Crippen LogP contribution in [0.5, 0.6) is 0 Å². The molecule has 1 atom stereocenters. The van der Waals surface area contributed by atoms with E-state index in [9.17, 15) is 19.2 Å². The van der Waals surface area contributed by atoms with Crippen LogP contribution in [0.25, 0.3) is 0 Å². The SMILES string of the molecule is CCCC(C)(NC(=O)OC(C)(C)C)C(=O)ON1C(=O)c2ccccc2C1=O. The maximum absolute atomic E-state index is 12.7. The van der Waals surface area contributed by atoms with E-state index in [1.165, 1.54) is 19.1 Å². The van der Waals surface area contributed by atoms with Crippen molar-refractivity contribution >= 4 is 23.9 Å². The number of imide groups is 1.